The highest BCUT2D eigenvalue weighted by Gasteiger charge is 2.05. The van der Waals surface area contributed by atoms with E-state index in [2.05, 4.69) is 42.2 Å². The minimum atomic E-state index is 0.687. The normalized spacial score (nSPS) is 10.6. The van der Waals surface area contributed by atoms with E-state index < -0.39 is 0 Å². The van der Waals surface area contributed by atoms with Gasteiger partial charge < -0.3 is 0 Å². The molecule has 3 nitrogen and oxygen atoms in total. The Morgan fingerprint density at radius 1 is 1.40 bits per heavy atom. The number of aromatic nitrogens is 3. The van der Waals surface area contributed by atoms with E-state index in [0.29, 0.717) is 10.4 Å². The first-order valence-electron chi connectivity index (χ1n) is 4.13. The van der Waals surface area contributed by atoms with Crippen molar-refractivity contribution in [2.45, 2.75) is 5.33 Å². The summed E-state index contributed by atoms with van der Waals surface area (Å²) in [6.45, 7) is 0. The zero-order valence-electron chi connectivity index (χ0n) is 7.49. The van der Waals surface area contributed by atoms with Crippen molar-refractivity contribution in [3.8, 4) is 5.69 Å². The lowest BCUT2D eigenvalue weighted by atomic mass is 10.3. The smallest absolute Gasteiger partial charge is 0.0937 e. The monoisotopic (exact) mass is 349 g/mol. The number of halogens is 3. The molecule has 0 aliphatic carbocycles. The Labute approximate surface area is 109 Å². The summed E-state index contributed by atoms with van der Waals surface area (Å²) in [4.78, 5) is 0. The molecule has 0 spiro atoms. The fourth-order valence-electron chi connectivity index (χ4n) is 1.14. The Kier molecular flexibility index (Phi) is 3.43. The number of rotatable bonds is 2. The van der Waals surface area contributed by atoms with E-state index in [0.717, 1.165) is 15.9 Å². The van der Waals surface area contributed by atoms with Crippen LogP contribution < -0.4 is 0 Å². The summed E-state index contributed by atoms with van der Waals surface area (Å²) < 4.78 is 2.60. The van der Waals surface area contributed by atoms with E-state index in [1.807, 2.05) is 24.4 Å². The van der Waals surface area contributed by atoms with Crippen molar-refractivity contribution < 1.29 is 0 Å². The van der Waals surface area contributed by atoms with E-state index >= 15 is 0 Å². The average Bonchev–Trinajstić information content (AvgIpc) is 2.66. The van der Waals surface area contributed by atoms with Gasteiger partial charge in [-0.05, 0) is 34.1 Å². The summed E-state index contributed by atoms with van der Waals surface area (Å²) in [5, 5.41) is 9.38. The maximum Gasteiger partial charge on any atom is 0.0937 e. The molecule has 2 aromatic rings. The van der Waals surface area contributed by atoms with E-state index in [-0.39, 0.29) is 0 Å². The first-order chi connectivity index (χ1) is 7.20. The van der Waals surface area contributed by atoms with Crippen LogP contribution in [0.25, 0.3) is 5.69 Å². The molecule has 0 saturated carbocycles. The summed E-state index contributed by atoms with van der Waals surface area (Å²) in [6.07, 6.45) is 1.86. The Morgan fingerprint density at radius 2 is 2.20 bits per heavy atom. The Hall–Kier alpha value is -0.390. The zero-order chi connectivity index (χ0) is 10.8. The number of alkyl halides is 1. The Morgan fingerprint density at radius 3 is 2.80 bits per heavy atom. The number of hydrogen-bond donors (Lipinski definition) is 0. The first-order valence-corrected chi connectivity index (χ1v) is 6.42. The van der Waals surface area contributed by atoms with Crippen molar-refractivity contribution in [1.29, 1.82) is 0 Å². The van der Waals surface area contributed by atoms with E-state index in [9.17, 15) is 0 Å². The lowest BCUT2D eigenvalue weighted by Crippen LogP contribution is -1.95. The maximum absolute atomic E-state index is 5.85. The molecule has 6 heteroatoms. The third-order valence-corrected chi connectivity index (χ3v) is 3.28. The summed E-state index contributed by atoms with van der Waals surface area (Å²) in [5.41, 5.74) is 1.80. The van der Waals surface area contributed by atoms with Gasteiger partial charge >= 0.3 is 0 Å². The second-order valence-electron chi connectivity index (χ2n) is 2.88. The van der Waals surface area contributed by atoms with Gasteiger partial charge in [-0.3, -0.25) is 0 Å². The molecule has 0 bridgehead atoms. The molecule has 0 radical (unpaired) electrons. The molecular weight excluding hydrogens is 345 g/mol. The van der Waals surface area contributed by atoms with Gasteiger partial charge in [-0.1, -0.05) is 32.7 Å². The number of hydrogen-bond acceptors (Lipinski definition) is 2. The summed E-state index contributed by atoms with van der Waals surface area (Å²) in [6, 6.07) is 5.53. The van der Waals surface area contributed by atoms with Crippen LogP contribution in [-0.4, -0.2) is 15.0 Å². The fourth-order valence-corrected chi connectivity index (χ4v) is 2.27. The second kappa shape index (κ2) is 4.63. The fraction of sp³-hybridized carbons (Fsp3) is 0.111. The van der Waals surface area contributed by atoms with Crippen molar-refractivity contribution in [3.63, 3.8) is 0 Å². The molecule has 0 fully saturated rings. The summed E-state index contributed by atoms with van der Waals surface area (Å²) in [7, 11) is 0. The highest BCUT2D eigenvalue weighted by atomic mass is 79.9. The quantitative estimate of drug-likeness (QED) is 0.775. The topological polar surface area (TPSA) is 30.7 Å². The van der Waals surface area contributed by atoms with Crippen molar-refractivity contribution in [2.24, 2.45) is 0 Å². The van der Waals surface area contributed by atoms with Gasteiger partial charge in [-0.2, -0.15) is 0 Å². The van der Waals surface area contributed by atoms with Crippen molar-refractivity contribution >= 4 is 43.5 Å². The van der Waals surface area contributed by atoms with Crippen LogP contribution in [0.2, 0.25) is 5.02 Å². The van der Waals surface area contributed by atoms with Gasteiger partial charge in [0, 0.05) is 14.8 Å². The van der Waals surface area contributed by atoms with E-state index in [1.54, 1.807) is 4.68 Å². The van der Waals surface area contributed by atoms with Gasteiger partial charge in [0.2, 0.25) is 0 Å². The molecular formula is C9H6Br2ClN3. The average molecular weight is 351 g/mol. The molecule has 78 valence electrons. The third-order valence-electron chi connectivity index (χ3n) is 1.83. The molecule has 2 rings (SSSR count). The standard InChI is InChI=1S/C9H6Br2ClN3/c10-4-7-5-15(14-13-7)9-2-1-6(12)3-8(9)11/h1-3,5H,4H2. The number of nitrogens with zero attached hydrogens (tertiary/aromatic N) is 3. The van der Waals surface area contributed by atoms with Gasteiger partial charge in [0.1, 0.15) is 0 Å². The molecule has 1 aromatic heterocycles. The first kappa shape index (κ1) is 11.1. The van der Waals surface area contributed by atoms with E-state index in [1.165, 1.54) is 0 Å². The zero-order valence-corrected chi connectivity index (χ0v) is 11.4. The molecule has 0 aliphatic heterocycles. The van der Waals surface area contributed by atoms with Gasteiger partial charge in [0.05, 0.1) is 17.6 Å². The predicted molar refractivity (Wildman–Crippen MR) is 66.7 cm³/mol. The Bertz CT molecular complexity index is 484. The van der Waals surface area contributed by atoms with Crippen LogP contribution in [0, 0.1) is 0 Å². The van der Waals surface area contributed by atoms with Crippen LogP contribution in [-0.2, 0) is 5.33 Å². The molecule has 0 amide bonds. The molecule has 1 heterocycles. The van der Waals surface area contributed by atoms with Crippen molar-refractivity contribution in [1.82, 2.24) is 15.0 Å². The molecule has 15 heavy (non-hydrogen) atoms. The van der Waals surface area contributed by atoms with Crippen LogP contribution in [0.1, 0.15) is 5.69 Å². The van der Waals surface area contributed by atoms with Crippen LogP contribution in [0.15, 0.2) is 28.9 Å². The highest BCUT2D eigenvalue weighted by Crippen LogP contribution is 2.24. The molecule has 0 saturated heterocycles. The molecule has 1 aromatic carbocycles. The molecule has 0 aliphatic rings. The minimum absolute atomic E-state index is 0.687. The lowest BCUT2D eigenvalue weighted by Gasteiger charge is -2.02. The van der Waals surface area contributed by atoms with E-state index in [4.69, 9.17) is 11.6 Å². The van der Waals surface area contributed by atoms with Gasteiger partial charge in [-0.15, -0.1) is 5.10 Å². The number of benzene rings is 1. The largest absolute Gasteiger partial charge is 0.219 e. The van der Waals surface area contributed by atoms with Gasteiger partial charge in [0.15, 0.2) is 0 Å². The Balaban J connectivity index is 2.44. The molecule has 0 unspecified atom stereocenters. The van der Waals surface area contributed by atoms with Crippen molar-refractivity contribution in [2.75, 3.05) is 0 Å². The van der Waals surface area contributed by atoms with Crippen molar-refractivity contribution in [3.05, 3.63) is 39.6 Å². The third kappa shape index (κ3) is 2.41. The summed E-state index contributed by atoms with van der Waals surface area (Å²) in [5.74, 6) is 0. The van der Waals surface area contributed by atoms with Crippen LogP contribution in [0.3, 0.4) is 0 Å². The van der Waals surface area contributed by atoms with Crippen LogP contribution >= 0.6 is 43.5 Å². The highest BCUT2D eigenvalue weighted by molar-refractivity contribution is 9.10. The van der Waals surface area contributed by atoms with Crippen LogP contribution in [0.4, 0.5) is 0 Å². The predicted octanol–water partition coefficient (Wildman–Crippen LogP) is 3.58. The van der Waals surface area contributed by atoms with Gasteiger partial charge in [-0.25, -0.2) is 4.68 Å². The minimum Gasteiger partial charge on any atom is -0.219 e. The summed E-state index contributed by atoms with van der Waals surface area (Å²) >= 11 is 12.6. The molecule has 0 N–H and O–H groups in total. The lowest BCUT2D eigenvalue weighted by molar-refractivity contribution is 0.798. The SMILES string of the molecule is Clc1ccc(-n2cc(CBr)nn2)c(Br)c1. The van der Waals surface area contributed by atoms with Gasteiger partial charge in [0.25, 0.3) is 0 Å². The van der Waals surface area contributed by atoms with Crippen LogP contribution in [0.5, 0.6) is 0 Å². The molecule has 0 atom stereocenters. The maximum atomic E-state index is 5.85. The second-order valence-corrected chi connectivity index (χ2v) is 4.74.